The van der Waals surface area contributed by atoms with Crippen LogP contribution in [0.2, 0.25) is 0 Å². The van der Waals surface area contributed by atoms with Crippen LogP contribution in [-0.4, -0.2) is 44.8 Å². The lowest BCUT2D eigenvalue weighted by atomic mass is 10.3. The lowest BCUT2D eigenvalue weighted by Gasteiger charge is -2.27. The van der Waals surface area contributed by atoms with Crippen molar-refractivity contribution in [3.63, 3.8) is 0 Å². The minimum atomic E-state index is -3.10. The van der Waals surface area contributed by atoms with Crippen molar-refractivity contribution in [1.29, 1.82) is 0 Å². The van der Waals surface area contributed by atoms with Crippen LogP contribution >= 0.6 is 0 Å². The molecule has 0 aliphatic carbocycles. The van der Waals surface area contributed by atoms with E-state index in [4.69, 9.17) is 4.74 Å². The molecule has 0 saturated carbocycles. The molecule has 0 radical (unpaired) electrons. The van der Waals surface area contributed by atoms with Gasteiger partial charge in [-0.05, 0) is 19.8 Å². The van der Waals surface area contributed by atoms with Crippen molar-refractivity contribution in [3.8, 4) is 0 Å². The Kier molecular flexibility index (Phi) is 7.13. The molecule has 0 aliphatic heterocycles. The lowest BCUT2D eigenvalue weighted by molar-refractivity contribution is 0.167. The van der Waals surface area contributed by atoms with Crippen molar-refractivity contribution in [1.82, 2.24) is 4.31 Å². The van der Waals surface area contributed by atoms with Gasteiger partial charge in [-0.15, -0.1) is 0 Å². The average molecular weight is 237 g/mol. The molecule has 0 spiro atoms. The molecule has 15 heavy (non-hydrogen) atoms. The van der Waals surface area contributed by atoms with Crippen LogP contribution in [0.5, 0.6) is 0 Å². The number of nitrogens with zero attached hydrogens (tertiary/aromatic N) is 1. The molecule has 0 fully saturated rings. The number of hydrogen-bond donors (Lipinski definition) is 0. The summed E-state index contributed by atoms with van der Waals surface area (Å²) in [5, 5.41) is 0. The SMILES string of the molecule is CCCS(=O)(=O)N(CCOC)C(C)CC. The van der Waals surface area contributed by atoms with Crippen LogP contribution in [0.3, 0.4) is 0 Å². The minimum absolute atomic E-state index is 0.0525. The van der Waals surface area contributed by atoms with Gasteiger partial charge in [0.25, 0.3) is 0 Å². The number of ether oxygens (including phenoxy) is 1. The Morgan fingerprint density at radius 2 is 1.93 bits per heavy atom. The van der Waals surface area contributed by atoms with Crippen LogP contribution < -0.4 is 0 Å². The minimum Gasteiger partial charge on any atom is -0.383 e. The highest BCUT2D eigenvalue weighted by atomic mass is 32.2. The summed E-state index contributed by atoms with van der Waals surface area (Å²) in [5.41, 5.74) is 0. The second kappa shape index (κ2) is 7.19. The lowest BCUT2D eigenvalue weighted by Crippen LogP contribution is -2.41. The Hall–Kier alpha value is -0.130. The number of hydrogen-bond acceptors (Lipinski definition) is 3. The molecule has 0 aromatic heterocycles. The van der Waals surface area contributed by atoms with E-state index in [1.807, 2.05) is 20.8 Å². The highest BCUT2D eigenvalue weighted by Crippen LogP contribution is 2.11. The Balaban J connectivity index is 4.61. The van der Waals surface area contributed by atoms with Crippen LogP contribution in [0, 0.1) is 0 Å². The molecule has 0 aromatic carbocycles. The molecular weight excluding hydrogens is 214 g/mol. The van der Waals surface area contributed by atoms with Crippen molar-refractivity contribution < 1.29 is 13.2 Å². The van der Waals surface area contributed by atoms with Gasteiger partial charge in [-0.3, -0.25) is 0 Å². The summed E-state index contributed by atoms with van der Waals surface area (Å²) < 4.78 is 30.3. The smallest absolute Gasteiger partial charge is 0.214 e. The van der Waals surface area contributed by atoms with Crippen LogP contribution in [0.4, 0.5) is 0 Å². The molecule has 0 bridgehead atoms. The van der Waals surface area contributed by atoms with Gasteiger partial charge in [-0.2, -0.15) is 4.31 Å². The fourth-order valence-corrected chi connectivity index (χ4v) is 3.19. The van der Waals surface area contributed by atoms with Crippen LogP contribution in [0.1, 0.15) is 33.6 Å². The third-order valence-electron chi connectivity index (χ3n) is 2.42. The standard InChI is InChI=1S/C10H23NO3S/c1-5-9-15(12,13)11(7-8-14-4)10(3)6-2/h10H,5-9H2,1-4H3. The number of rotatable bonds is 8. The fraction of sp³-hybridized carbons (Fsp3) is 1.00. The molecule has 1 atom stereocenters. The van der Waals surface area contributed by atoms with E-state index in [0.29, 0.717) is 19.6 Å². The Bertz CT molecular complexity index is 251. The summed E-state index contributed by atoms with van der Waals surface area (Å²) in [6.45, 7) is 6.71. The first-order valence-corrected chi connectivity index (χ1v) is 7.08. The zero-order chi connectivity index (χ0) is 11.9. The zero-order valence-corrected chi connectivity index (χ0v) is 11.0. The van der Waals surface area contributed by atoms with Crippen LogP contribution in [0.25, 0.3) is 0 Å². The van der Waals surface area contributed by atoms with Gasteiger partial charge in [-0.25, -0.2) is 8.42 Å². The van der Waals surface area contributed by atoms with Gasteiger partial charge in [0.15, 0.2) is 0 Å². The Morgan fingerprint density at radius 3 is 2.33 bits per heavy atom. The van der Waals surface area contributed by atoms with E-state index in [1.54, 1.807) is 11.4 Å². The third kappa shape index (κ3) is 4.95. The van der Waals surface area contributed by atoms with E-state index in [0.717, 1.165) is 6.42 Å². The van der Waals surface area contributed by atoms with Gasteiger partial charge in [0.1, 0.15) is 0 Å². The maximum Gasteiger partial charge on any atom is 0.214 e. The number of sulfonamides is 1. The molecule has 4 nitrogen and oxygen atoms in total. The first-order valence-electron chi connectivity index (χ1n) is 5.48. The molecule has 0 amide bonds. The largest absolute Gasteiger partial charge is 0.383 e. The van der Waals surface area contributed by atoms with Gasteiger partial charge >= 0.3 is 0 Å². The van der Waals surface area contributed by atoms with Crippen LogP contribution in [0.15, 0.2) is 0 Å². The van der Waals surface area contributed by atoms with Crippen molar-refractivity contribution in [2.45, 2.75) is 39.7 Å². The van der Waals surface area contributed by atoms with E-state index in [9.17, 15) is 8.42 Å². The second-order valence-corrected chi connectivity index (χ2v) is 5.72. The van der Waals surface area contributed by atoms with Crippen molar-refractivity contribution in [2.75, 3.05) is 26.0 Å². The van der Waals surface area contributed by atoms with E-state index >= 15 is 0 Å². The quantitative estimate of drug-likeness (QED) is 0.642. The van der Waals surface area contributed by atoms with E-state index < -0.39 is 10.0 Å². The van der Waals surface area contributed by atoms with Gasteiger partial charge in [0.2, 0.25) is 10.0 Å². The van der Waals surface area contributed by atoms with Gasteiger partial charge in [0.05, 0.1) is 12.4 Å². The van der Waals surface area contributed by atoms with Gasteiger partial charge < -0.3 is 4.74 Å². The summed E-state index contributed by atoms with van der Waals surface area (Å²) in [7, 11) is -1.52. The highest BCUT2D eigenvalue weighted by molar-refractivity contribution is 7.89. The zero-order valence-electron chi connectivity index (χ0n) is 10.2. The van der Waals surface area contributed by atoms with Crippen molar-refractivity contribution in [3.05, 3.63) is 0 Å². The number of methoxy groups -OCH3 is 1. The monoisotopic (exact) mass is 237 g/mol. The molecule has 5 heteroatoms. The van der Waals surface area contributed by atoms with E-state index in [-0.39, 0.29) is 11.8 Å². The van der Waals surface area contributed by atoms with Crippen molar-refractivity contribution in [2.24, 2.45) is 0 Å². The summed E-state index contributed by atoms with van der Waals surface area (Å²) >= 11 is 0. The molecular formula is C10H23NO3S. The maximum atomic E-state index is 11.9. The predicted molar refractivity (Wildman–Crippen MR) is 62.4 cm³/mol. The van der Waals surface area contributed by atoms with Crippen LogP contribution in [-0.2, 0) is 14.8 Å². The van der Waals surface area contributed by atoms with Gasteiger partial charge in [-0.1, -0.05) is 13.8 Å². The van der Waals surface area contributed by atoms with E-state index in [1.165, 1.54) is 0 Å². The summed E-state index contributed by atoms with van der Waals surface area (Å²) in [6.07, 6.45) is 1.48. The topological polar surface area (TPSA) is 46.6 Å². The third-order valence-corrected chi connectivity index (χ3v) is 4.60. The molecule has 0 heterocycles. The Labute approximate surface area is 93.7 Å². The summed E-state index contributed by atoms with van der Waals surface area (Å²) in [5.74, 6) is 0.223. The molecule has 0 rings (SSSR count). The summed E-state index contributed by atoms with van der Waals surface area (Å²) in [6, 6.07) is 0.0525. The fourth-order valence-electron chi connectivity index (χ4n) is 1.39. The molecule has 0 N–H and O–H groups in total. The first-order chi connectivity index (χ1) is 6.99. The van der Waals surface area contributed by atoms with Crippen molar-refractivity contribution >= 4 is 10.0 Å². The first kappa shape index (κ1) is 14.9. The second-order valence-electron chi connectivity index (χ2n) is 3.68. The molecule has 0 saturated heterocycles. The van der Waals surface area contributed by atoms with Gasteiger partial charge in [0, 0.05) is 19.7 Å². The average Bonchev–Trinajstić information content (AvgIpc) is 2.17. The summed E-state index contributed by atoms with van der Waals surface area (Å²) in [4.78, 5) is 0. The molecule has 92 valence electrons. The molecule has 0 aromatic rings. The predicted octanol–water partition coefficient (Wildman–Crippen LogP) is 1.47. The Morgan fingerprint density at radius 1 is 1.33 bits per heavy atom. The maximum absolute atomic E-state index is 11.9. The van der Waals surface area contributed by atoms with E-state index in [2.05, 4.69) is 0 Å². The highest BCUT2D eigenvalue weighted by Gasteiger charge is 2.24. The molecule has 1 unspecified atom stereocenters. The normalized spacial score (nSPS) is 14.5. The molecule has 0 aliphatic rings.